The maximum atomic E-state index is 13.3. The third-order valence-corrected chi connectivity index (χ3v) is 8.21. The van der Waals surface area contributed by atoms with E-state index in [0.717, 1.165) is 5.56 Å². The molecule has 0 bridgehead atoms. The predicted octanol–water partition coefficient (Wildman–Crippen LogP) is 2.38. The van der Waals surface area contributed by atoms with E-state index in [1.807, 2.05) is 26.8 Å². The third-order valence-electron chi connectivity index (χ3n) is 6.73. The van der Waals surface area contributed by atoms with Crippen molar-refractivity contribution in [3.63, 3.8) is 0 Å². The first-order chi connectivity index (χ1) is 20.9. The molecule has 244 valence electrons. The summed E-state index contributed by atoms with van der Waals surface area (Å²) in [5.74, 6) is -2.05. The van der Waals surface area contributed by atoms with Crippen molar-refractivity contribution in [1.82, 2.24) is 30.9 Å². The lowest BCUT2D eigenvalue weighted by Gasteiger charge is -2.31. The van der Waals surface area contributed by atoms with Crippen molar-refractivity contribution in [2.24, 2.45) is 5.41 Å². The summed E-state index contributed by atoms with van der Waals surface area (Å²) in [5, 5.41) is 26.7. The van der Waals surface area contributed by atoms with Crippen molar-refractivity contribution < 1.29 is 32.3 Å². The Balaban J connectivity index is 1.71. The van der Waals surface area contributed by atoms with Crippen molar-refractivity contribution in [2.45, 2.75) is 83.5 Å². The van der Waals surface area contributed by atoms with Crippen LogP contribution < -0.4 is 20.7 Å². The summed E-state index contributed by atoms with van der Waals surface area (Å²) in [6.45, 7) is 12.3. The van der Waals surface area contributed by atoms with Crippen LogP contribution in [-0.2, 0) is 24.4 Å². The lowest BCUT2D eigenvalue weighted by molar-refractivity contribution is -0.132. The standard InChI is InChI=1S/C31H42N6O7S/c1-19-13-15-22(16-14-19)45(42,43)37-23(17-24(38)32-18-30(3,4)5)27(41)33-20(2)26(40)34-31(6,7)25(39)29-36-35-28(44-29)21-11-9-8-10-12-21/h8-16,20,23,25,37,39H,17-18H2,1-7H3,(H,32,38)(H,33,41)(H,34,40)/t20-,23-,25?/m0/s1. The van der Waals surface area contributed by atoms with Crippen LogP contribution in [0.3, 0.4) is 0 Å². The highest BCUT2D eigenvalue weighted by molar-refractivity contribution is 7.89. The second-order valence-corrected chi connectivity index (χ2v) is 14.4. The Bertz CT molecular complexity index is 1580. The van der Waals surface area contributed by atoms with Crippen LogP contribution in [0.25, 0.3) is 11.5 Å². The highest BCUT2D eigenvalue weighted by Crippen LogP contribution is 2.27. The van der Waals surface area contributed by atoms with Crippen LogP contribution in [-0.4, -0.2) is 65.6 Å². The fourth-order valence-corrected chi connectivity index (χ4v) is 5.20. The van der Waals surface area contributed by atoms with Gasteiger partial charge in [0.2, 0.25) is 39.5 Å². The molecule has 3 aromatic rings. The average molecular weight is 643 g/mol. The summed E-state index contributed by atoms with van der Waals surface area (Å²) in [5.41, 5.74) is -0.0754. The minimum absolute atomic E-state index is 0.0843. The number of benzene rings is 2. The number of hydrogen-bond donors (Lipinski definition) is 5. The number of sulfonamides is 1. The fourth-order valence-electron chi connectivity index (χ4n) is 4.01. The van der Waals surface area contributed by atoms with Crippen molar-refractivity contribution in [2.75, 3.05) is 6.54 Å². The Labute approximate surface area is 263 Å². The molecule has 13 nitrogen and oxygen atoms in total. The lowest BCUT2D eigenvalue weighted by atomic mass is 9.96. The van der Waals surface area contributed by atoms with Gasteiger partial charge in [0.1, 0.15) is 12.1 Å². The van der Waals surface area contributed by atoms with Crippen molar-refractivity contribution in [1.29, 1.82) is 0 Å². The van der Waals surface area contributed by atoms with Crippen LogP contribution in [0.15, 0.2) is 63.9 Å². The molecule has 0 aliphatic heterocycles. The zero-order valence-electron chi connectivity index (χ0n) is 26.5. The van der Waals surface area contributed by atoms with E-state index in [1.165, 1.54) is 32.9 Å². The molecule has 1 heterocycles. The SMILES string of the molecule is Cc1ccc(S(=O)(=O)N[C@@H](CC(=O)NCC(C)(C)C)C(=O)N[C@@H](C)C(=O)NC(C)(C)C(O)c2nnc(-c3ccccc3)o2)cc1. The first kappa shape index (κ1) is 35.3. The van der Waals surface area contributed by atoms with Crippen molar-refractivity contribution >= 4 is 27.7 Å². The molecule has 3 rings (SSSR count). The van der Waals surface area contributed by atoms with Crippen LogP contribution in [0, 0.1) is 12.3 Å². The number of nitrogens with one attached hydrogen (secondary N) is 4. The average Bonchev–Trinajstić information content (AvgIpc) is 3.45. The summed E-state index contributed by atoms with van der Waals surface area (Å²) in [4.78, 5) is 39.1. The Hall–Kier alpha value is -4.14. The molecule has 45 heavy (non-hydrogen) atoms. The zero-order chi connectivity index (χ0) is 33.6. The van der Waals surface area contributed by atoms with E-state index in [1.54, 1.807) is 43.3 Å². The van der Waals surface area contributed by atoms with Gasteiger partial charge in [-0.1, -0.05) is 56.7 Å². The van der Waals surface area contributed by atoms with Gasteiger partial charge in [-0.15, -0.1) is 10.2 Å². The third kappa shape index (κ3) is 10.2. The molecule has 2 aromatic carbocycles. The van der Waals surface area contributed by atoms with E-state index >= 15 is 0 Å². The number of rotatable bonds is 13. The van der Waals surface area contributed by atoms with Gasteiger partial charge in [-0.2, -0.15) is 4.72 Å². The zero-order valence-corrected chi connectivity index (χ0v) is 27.4. The van der Waals surface area contributed by atoms with Gasteiger partial charge in [0.05, 0.1) is 16.9 Å². The van der Waals surface area contributed by atoms with Gasteiger partial charge in [-0.3, -0.25) is 14.4 Å². The molecule has 0 spiro atoms. The quantitative estimate of drug-likeness (QED) is 0.186. The van der Waals surface area contributed by atoms with Gasteiger partial charge in [-0.25, -0.2) is 8.42 Å². The van der Waals surface area contributed by atoms with Crippen LogP contribution in [0.4, 0.5) is 0 Å². The number of aromatic nitrogens is 2. The molecular weight excluding hydrogens is 600 g/mol. The number of nitrogens with zero attached hydrogens (tertiary/aromatic N) is 2. The molecule has 0 saturated heterocycles. The molecule has 5 N–H and O–H groups in total. The smallest absolute Gasteiger partial charge is 0.247 e. The molecule has 3 atom stereocenters. The van der Waals surface area contributed by atoms with E-state index < -0.39 is 57.9 Å². The summed E-state index contributed by atoms with van der Waals surface area (Å²) >= 11 is 0. The van der Waals surface area contributed by atoms with Gasteiger partial charge >= 0.3 is 0 Å². The predicted molar refractivity (Wildman–Crippen MR) is 167 cm³/mol. The minimum atomic E-state index is -4.20. The maximum Gasteiger partial charge on any atom is 0.247 e. The van der Waals surface area contributed by atoms with Crippen molar-refractivity contribution in [3.05, 3.63) is 66.1 Å². The number of aliphatic hydroxyl groups is 1. The molecular formula is C31H42N6O7S. The maximum absolute atomic E-state index is 13.3. The summed E-state index contributed by atoms with van der Waals surface area (Å²) < 4.78 is 34.2. The van der Waals surface area contributed by atoms with Gasteiger partial charge in [0, 0.05) is 12.1 Å². The van der Waals surface area contributed by atoms with Gasteiger partial charge in [0.15, 0.2) is 6.10 Å². The van der Waals surface area contributed by atoms with E-state index in [0.29, 0.717) is 12.1 Å². The molecule has 0 radical (unpaired) electrons. The van der Waals surface area contributed by atoms with E-state index in [-0.39, 0.29) is 22.1 Å². The first-order valence-corrected chi connectivity index (χ1v) is 15.9. The normalized spacial score (nSPS) is 14.2. The van der Waals surface area contributed by atoms with Gasteiger partial charge in [-0.05, 0) is 57.4 Å². The Morgan fingerprint density at radius 2 is 1.56 bits per heavy atom. The lowest BCUT2D eigenvalue weighted by Crippen LogP contribution is -2.57. The topological polar surface area (TPSA) is 193 Å². The van der Waals surface area contributed by atoms with Crippen LogP contribution in [0.2, 0.25) is 0 Å². The highest BCUT2D eigenvalue weighted by Gasteiger charge is 2.37. The molecule has 3 amide bonds. The van der Waals surface area contributed by atoms with E-state index in [4.69, 9.17) is 4.42 Å². The number of amides is 3. The molecule has 1 unspecified atom stereocenters. The minimum Gasteiger partial charge on any atom is -0.418 e. The summed E-state index contributed by atoms with van der Waals surface area (Å²) in [6.07, 6.45) is -1.91. The molecule has 0 aliphatic carbocycles. The van der Waals surface area contributed by atoms with E-state index in [9.17, 15) is 27.9 Å². The van der Waals surface area contributed by atoms with Crippen LogP contribution in [0.1, 0.15) is 65.5 Å². The Kier molecular flexibility index (Phi) is 11.2. The van der Waals surface area contributed by atoms with Crippen LogP contribution in [0.5, 0.6) is 0 Å². The highest BCUT2D eigenvalue weighted by atomic mass is 32.2. The van der Waals surface area contributed by atoms with Crippen molar-refractivity contribution in [3.8, 4) is 11.5 Å². The molecule has 14 heteroatoms. The number of carbonyl (C=O) groups excluding carboxylic acids is 3. The summed E-state index contributed by atoms with van der Waals surface area (Å²) in [6, 6.07) is 12.2. The first-order valence-electron chi connectivity index (χ1n) is 14.4. The Morgan fingerprint density at radius 3 is 2.16 bits per heavy atom. The molecule has 0 saturated carbocycles. The second-order valence-electron chi connectivity index (χ2n) is 12.7. The van der Waals surface area contributed by atoms with Gasteiger partial charge < -0.3 is 25.5 Å². The molecule has 1 aromatic heterocycles. The number of aryl methyl sites for hydroxylation is 1. The molecule has 0 fully saturated rings. The number of carbonyl (C=O) groups is 3. The van der Waals surface area contributed by atoms with E-state index in [2.05, 4.69) is 30.9 Å². The second kappa shape index (κ2) is 14.3. The Morgan fingerprint density at radius 1 is 0.933 bits per heavy atom. The number of aliphatic hydroxyl groups excluding tert-OH is 1. The van der Waals surface area contributed by atoms with Crippen LogP contribution >= 0.6 is 0 Å². The summed E-state index contributed by atoms with van der Waals surface area (Å²) in [7, 11) is -4.20. The largest absolute Gasteiger partial charge is 0.418 e. The fraction of sp³-hybridized carbons (Fsp3) is 0.452. The van der Waals surface area contributed by atoms with Gasteiger partial charge in [0.25, 0.3) is 0 Å². The molecule has 0 aliphatic rings. The monoisotopic (exact) mass is 642 g/mol. The number of hydrogen-bond acceptors (Lipinski definition) is 9.